The highest BCUT2D eigenvalue weighted by Gasteiger charge is 2.14. The van der Waals surface area contributed by atoms with Crippen molar-refractivity contribution in [3.8, 4) is 5.75 Å². The van der Waals surface area contributed by atoms with E-state index in [0.717, 1.165) is 5.56 Å². The van der Waals surface area contributed by atoms with E-state index in [0.29, 0.717) is 42.1 Å². The molecular weight excluding hydrogens is 465 g/mol. The van der Waals surface area contributed by atoms with Crippen LogP contribution in [0, 0.1) is 0 Å². The van der Waals surface area contributed by atoms with Crippen LogP contribution >= 0.6 is 46.3 Å². The molecule has 156 valence electrons. The molecular formula is C20H17Cl2N3O3S2. The number of ether oxygens (including phenoxy) is 1. The molecule has 0 bridgehead atoms. The number of rotatable bonds is 8. The Labute approximate surface area is 191 Å². The van der Waals surface area contributed by atoms with Gasteiger partial charge >= 0.3 is 0 Å². The van der Waals surface area contributed by atoms with Crippen LogP contribution in [0.3, 0.4) is 0 Å². The van der Waals surface area contributed by atoms with Gasteiger partial charge in [0.15, 0.2) is 10.1 Å². The molecule has 3 aromatic rings. The normalized spacial score (nSPS) is 10.7. The number of Topliss-reactive ketones (excluding diaryl/α,β-unsaturated/α-hetero) is 1. The van der Waals surface area contributed by atoms with Gasteiger partial charge in [-0.2, -0.15) is 0 Å². The molecule has 0 atom stereocenters. The van der Waals surface area contributed by atoms with Crippen LogP contribution in [-0.4, -0.2) is 29.0 Å². The molecule has 30 heavy (non-hydrogen) atoms. The van der Waals surface area contributed by atoms with Gasteiger partial charge in [0.1, 0.15) is 5.75 Å². The number of nitrogens with one attached hydrogen (secondary N) is 1. The molecule has 3 rings (SSSR count). The van der Waals surface area contributed by atoms with Crippen molar-refractivity contribution < 1.29 is 14.3 Å². The van der Waals surface area contributed by atoms with Crippen LogP contribution < -0.4 is 10.1 Å². The summed E-state index contributed by atoms with van der Waals surface area (Å²) in [5.74, 6) is 0.718. The standard InChI is InChI=1S/C20H17Cl2N3O3S2/c1-11(26)12-6-7-17(28-2)13(8-12)9-18(27)23-19-24-25-20(30-19)29-10-14-15(21)4-3-5-16(14)22/h3-8H,9-10H2,1-2H3,(H,23,24,27). The van der Waals surface area contributed by atoms with Gasteiger partial charge in [0, 0.05) is 26.9 Å². The number of benzene rings is 2. The molecule has 0 spiro atoms. The van der Waals surface area contributed by atoms with E-state index in [4.69, 9.17) is 27.9 Å². The first-order valence-electron chi connectivity index (χ1n) is 8.74. The van der Waals surface area contributed by atoms with Crippen molar-refractivity contribution in [3.05, 3.63) is 63.1 Å². The van der Waals surface area contributed by atoms with Crippen molar-refractivity contribution in [3.63, 3.8) is 0 Å². The number of methoxy groups -OCH3 is 1. The molecule has 1 N–H and O–H groups in total. The summed E-state index contributed by atoms with van der Waals surface area (Å²) in [5.41, 5.74) is 1.96. The molecule has 0 aliphatic rings. The summed E-state index contributed by atoms with van der Waals surface area (Å²) in [6.07, 6.45) is 0.0432. The van der Waals surface area contributed by atoms with Crippen LogP contribution in [0.4, 0.5) is 5.13 Å². The lowest BCUT2D eigenvalue weighted by atomic mass is 10.0. The second kappa shape index (κ2) is 10.3. The molecule has 10 heteroatoms. The van der Waals surface area contributed by atoms with E-state index in [1.165, 1.54) is 37.1 Å². The van der Waals surface area contributed by atoms with Crippen LogP contribution in [0.5, 0.6) is 5.75 Å². The highest BCUT2D eigenvalue weighted by molar-refractivity contribution is 8.00. The summed E-state index contributed by atoms with van der Waals surface area (Å²) in [7, 11) is 1.52. The Bertz CT molecular complexity index is 1070. The Hall–Kier alpha value is -2.13. The number of aromatic nitrogens is 2. The van der Waals surface area contributed by atoms with E-state index in [1.54, 1.807) is 36.4 Å². The average molecular weight is 482 g/mol. The van der Waals surface area contributed by atoms with Crippen LogP contribution in [0.2, 0.25) is 10.0 Å². The van der Waals surface area contributed by atoms with Crippen molar-refractivity contribution >= 4 is 63.1 Å². The largest absolute Gasteiger partial charge is 0.496 e. The molecule has 6 nitrogen and oxygen atoms in total. The Kier molecular flexibility index (Phi) is 7.71. The quantitative estimate of drug-likeness (QED) is 0.258. The first-order valence-corrected chi connectivity index (χ1v) is 11.3. The molecule has 0 radical (unpaired) electrons. The van der Waals surface area contributed by atoms with E-state index < -0.39 is 0 Å². The number of anilines is 1. The summed E-state index contributed by atoms with van der Waals surface area (Å²) in [6.45, 7) is 1.47. The molecule has 2 aromatic carbocycles. The number of halogens is 2. The summed E-state index contributed by atoms with van der Waals surface area (Å²) in [6, 6.07) is 10.4. The smallest absolute Gasteiger partial charge is 0.230 e. The van der Waals surface area contributed by atoms with E-state index in [-0.39, 0.29) is 18.1 Å². The predicted octanol–water partition coefficient (Wildman–Crippen LogP) is 5.53. The fourth-order valence-electron chi connectivity index (χ4n) is 2.59. The Morgan fingerprint density at radius 2 is 1.90 bits per heavy atom. The van der Waals surface area contributed by atoms with Gasteiger partial charge < -0.3 is 10.1 Å². The lowest BCUT2D eigenvalue weighted by Gasteiger charge is -2.09. The Morgan fingerprint density at radius 1 is 1.17 bits per heavy atom. The summed E-state index contributed by atoms with van der Waals surface area (Å²) in [4.78, 5) is 24.1. The molecule has 0 saturated carbocycles. The average Bonchev–Trinajstić information content (AvgIpc) is 3.14. The van der Waals surface area contributed by atoms with Gasteiger partial charge in [-0.3, -0.25) is 9.59 Å². The fourth-order valence-corrected chi connectivity index (χ4v) is 5.10. The third-order valence-electron chi connectivity index (χ3n) is 4.09. The van der Waals surface area contributed by atoms with Gasteiger partial charge in [0.2, 0.25) is 11.0 Å². The number of hydrogen-bond acceptors (Lipinski definition) is 7. The van der Waals surface area contributed by atoms with Gasteiger partial charge in [-0.05, 0) is 42.8 Å². The molecule has 0 aliphatic carbocycles. The molecule has 1 heterocycles. The summed E-state index contributed by atoms with van der Waals surface area (Å²) in [5, 5.41) is 12.4. The van der Waals surface area contributed by atoms with Gasteiger partial charge in [-0.15, -0.1) is 10.2 Å². The van der Waals surface area contributed by atoms with E-state index >= 15 is 0 Å². The van der Waals surface area contributed by atoms with Crippen LogP contribution in [0.15, 0.2) is 40.7 Å². The monoisotopic (exact) mass is 481 g/mol. The number of nitrogens with zero attached hydrogens (tertiary/aromatic N) is 2. The number of hydrogen-bond donors (Lipinski definition) is 1. The lowest BCUT2D eigenvalue weighted by molar-refractivity contribution is -0.115. The summed E-state index contributed by atoms with van der Waals surface area (Å²) < 4.78 is 5.97. The van der Waals surface area contributed by atoms with Crippen molar-refractivity contribution in [2.45, 2.75) is 23.4 Å². The molecule has 0 saturated heterocycles. The molecule has 0 unspecified atom stereocenters. The first kappa shape index (κ1) is 22.6. The zero-order chi connectivity index (χ0) is 21.7. The zero-order valence-electron chi connectivity index (χ0n) is 16.1. The lowest BCUT2D eigenvalue weighted by Crippen LogP contribution is -2.15. The van der Waals surface area contributed by atoms with Gasteiger partial charge in [0.25, 0.3) is 0 Å². The van der Waals surface area contributed by atoms with Crippen molar-refractivity contribution in [1.29, 1.82) is 0 Å². The number of carbonyl (C=O) groups is 2. The molecule has 1 aromatic heterocycles. The van der Waals surface area contributed by atoms with Crippen LogP contribution in [0.1, 0.15) is 28.4 Å². The molecule has 1 amide bonds. The maximum absolute atomic E-state index is 12.5. The highest BCUT2D eigenvalue weighted by atomic mass is 35.5. The maximum atomic E-state index is 12.5. The number of amides is 1. The summed E-state index contributed by atoms with van der Waals surface area (Å²) >= 11 is 15.1. The van der Waals surface area contributed by atoms with Crippen LogP contribution in [-0.2, 0) is 17.0 Å². The van der Waals surface area contributed by atoms with E-state index in [2.05, 4.69) is 15.5 Å². The zero-order valence-corrected chi connectivity index (χ0v) is 19.2. The van der Waals surface area contributed by atoms with Crippen molar-refractivity contribution in [1.82, 2.24) is 10.2 Å². The van der Waals surface area contributed by atoms with Gasteiger partial charge in [0.05, 0.1) is 13.5 Å². The predicted molar refractivity (Wildman–Crippen MR) is 121 cm³/mol. The number of carbonyl (C=O) groups excluding carboxylic acids is 2. The van der Waals surface area contributed by atoms with Gasteiger partial charge in [-0.25, -0.2) is 0 Å². The number of thioether (sulfide) groups is 1. The van der Waals surface area contributed by atoms with Crippen LogP contribution in [0.25, 0.3) is 0 Å². The van der Waals surface area contributed by atoms with Crippen molar-refractivity contribution in [2.24, 2.45) is 0 Å². The third-order valence-corrected chi connectivity index (χ3v) is 6.80. The SMILES string of the molecule is COc1ccc(C(C)=O)cc1CC(=O)Nc1nnc(SCc2c(Cl)cccc2Cl)s1. The van der Waals surface area contributed by atoms with Gasteiger partial charge in [-0.1, -0.05) is 52.4 Å². The first-order chi connectivity index (χ1) is 14.4. The van der Waals surface area contributed by atoms with E-state index in [1.807, 2.05) is 0 Å². The Balaban J connectivity index is 1.63. The minimum absolute atomic E-state index is 0.0432. The molecule has 0 fully saturated rings. The number of ketones is 1. The third kappa shape index (κ3) is 5.72. The minimum atomic E-state index is -0.282. The highest BCUT2D eigenvalue weighted by Crippen LogP contribution is 2.33. The van der Waals surface area contributed by atoms with E-state index in [9.17, 15) is 9.59 Å². The van der Waals surface area contributed by atoms with Crippen molar-refractivity contribution in [2.75, 3.05) is 12.4 Å². The fraction of sp³-hybridized carbons (Fsp3) is 0.200. The second-order valence-electron chi connectivity index (χ2n) is 6.17. The minimum Gasteiger partial charge on any atom is -0.496 e. The topological polar surface area (TPSA) is 81.2 Å². The maximum Gasteiger partial charge on any atom is 0.230 e. The Morgan fingerprint density at radius 3 is 2.57 bits per heavy atom. The second-order valence-corrected chi connectivity index (χ2v) is 9.18. The molecule has 0 aliphatic heterocycles.